The lowest BCUT2D eigenvalue weighted by atomic mass is 10.3. The van der Waals surface area contributed by atoms with Crippen LogP contribution < -0.4 is 10.5 Å². The van der Waals surface area contributed by atoms with Crippen molar-refractivity contribution in [1.82, 2.24) is 9.62 Å². The molecule has 0 unspecified atom stereocenters. The number of carbonyl (C=O) groups is 1. The molecule has 0 heterocycles. The number of halogens is 2. The predicted octanol–water partition coefficient (Wildman–Crippen LogP) is 0.927. The number of nitrogens with two attached hydrogens (primary N) is 1. The largest absolute Gasteiger partial charge is 0.396 e. The molecule has 0 radical (unpaired) electrons. The maximum atomic E-state index is 13.2. The van der Waals surface area contributed by atoms with Crippen LogP contribution in [0.5, 0.6) is 0 Å². The van der Waals surface area contributed by atoms with Gasteiger partial charge in [0.25, 0.3) is 0 Å². The Morgan fingerprint density at radius 2 is 2.10 bits per heavy atom. The molecule has 0 aromatic heterocycles. The van der Waals surface area contributed by atoms with E-state index in [4.69, 9.17) is 5.73 Å². The number of benzene rings is 1. The molecule has 0 aliphatic heterocycles. The van der Waals surface area contributed by atoms with Crippen LogP contribution in [0.25, 0.3) is 0 Å². The van der Waals surface area contributed by atoms with E-state index in [2.05, 4.69) is 20.7 Å². The average molecular weight is 368 g/mol. The second-order valence-corrected chi connectivity index (χ2v) is 6.63. The molecule has 3 N–H and O–H groups in total. The number of sulfonamides is 1. The Balaban J connectivity index is 2.95. The summed E-state index contributed by atoms with van der Waals surface area (Å²) in [7, 11) is -2.40. The van der Waals surface area contributed by atoms with E-state index >= 15 is 0 Å². The molecule has 112 valence electrons. The highest BCUT2D eigenvalue weighted by molar-refractivity contribution is 9.10. The van der Waals surface area contributed by atoms with E-state index in [0.29, 0.717) is 6.54 Å². The highest BCUT2D eigenvalue weighted by atomic mass is 79.9. The molecule has 0 saturated heterocycles. The Bertz CT molecular complexity index is 622. The van der Waals surface area contributed by atoms with E-state index < -0.39 is 15.8 Å². The maximum Gasteiger partial charge on any atom is 0.242 e. The van der Waals surface area contributed by atoms with Gasteiger partial charge in [-0.05, 0) is 35.0 Å². The monoisotopic (exact) mass is 367 g/mol. The first-order valence-corrected chi connectivity index (χ1v) is 7.94. The molecule has 0 spiro atoms. The van der Waals surface area contributed by atoms with E-state index in [-0.39, 0.29) is 27.5 Å². The normalized spacial score (nSPS) is 11.4. The van der Waals surface area contributed by atoms with Gasteiger partial charge in [0.15, 0.2) is 0 Å². The molecule has 0 saturated carbocycles. The van der Waals surface area contributed by atoms with Gasteiger partial charge in [-0.15, -0.1) is 0 Å². The van der Waals surface area contributed by atoms with Crippen molar-refractivity contribution < 1.29 is 17.6 Å². The molecule has 1 aromatic rings. The number of nitrogen functional groups attached to an aromatic ring is 1. The van der Waals surface area contributed by atoms with Gasteiger partial charge in [0.2, 0.25) is 15.9 Å². The van der Waals surface area contributed by atoms with Gasteiger partial charge in [-0.25, -0.2) is 17.5 Å². The highest BCUT2D eigenvalue weighted by Gasteiger charge is 2.21. The SMILES string of the molecule is CCN(C)C(=O)CNS(=O)(=O)c1cc(N)c(F)cc1Br. The van der Waals surface area contributed by atoms with Crippen LogP contribution in [0, 0.1) is 5.82 Å². The molecular formula is C11H15BrFN3O3S. The van der Waals surface area contributed by atoms with E-state index in [1.807, 2.05) is 0 Å². The number of likely N-dealkylation sites (N-methyl/N-ethyl adjacent to an activating group) is 1. The lowest BCUT2D eigenvalue weighted by Crippen LogP contribution is -2.38. The van der Waals surface area contributed by atoms with Gasteiger partial charge in [0.05, 0.1) is 17.1 Å². The molecule has 0 bridgehead atoms. The number of carbonyl (C=O) groups excluding carboxylic acids is 1. The van der Waals surface area contributed by atoms with Crippen LogP contribution in [-0.4, -0.2) is 39.4 Å². The minimum atomic E-state index is -3.96. The number of hydrogen-bond acceptors (Lipinski definition) is 4. The number of anilines is 1. The number of rotatable bonds is 5. The quantitative estimate of drug-likeness (QED) is 0.757. The molecule has 0 fully saturated rings. The standard InChI is InChI=1S/C11H15BrFN3O3S/c1-3-16(2)11(17)6-15-20(18,19)10-5-9(14)8(13)4-7(10)12/h4-5,15H,3,6,14H2,1-2H3. The van der Waals surface area contributed by atoms with Gasteiger partial charge in [0.1, 0.15) is 5.82 Å². The fourth-order valence-corrected chi connectivity index (χ4v) is 3.32. The smallest absolute Gasteiger partial charge is 0.242 e. The minimum Gasteiger partial charge on any atom is -0.396 e. The van der Waals surface area contributed by atoms with Crippen molar-refractivity contribution >= 4 is 37.5 Å². The molecule has 1 rings (SSSR count). The van der Waals surface area contributed by atoms with E-state index in [0.717, 1.165) is 12.1 Å². The van der Waals surface area contributed by atoms with Gasteiger partial charge < -0.3 is 10.6 Å². The van der Waals surface area contributed by atoms with Gasteiger partial charge in [-0.3, -0.25) is 4.79 Å². The number of nitrogens with zero attached hydrogens (tertiary/aromatic N) is 1. The van der Waals surface area contributed by atoms with Gasteiger partial charge >= 0.3 is 0 Å². The van der Waals surface area contributed by atoms with E-state index in [1.54, 1.807) is 14.0 Å². The summed E-state index contributed by atoms with van der Waals surface area (Å²) in [5, 5.41) is 0. The molecule has 1 amide bonds. The minimum absolute atomic E-state index is 0.0352. The Hall–Kier alpha value is -1.19. The summed E-state index contributed by atoms with van der Waals surface area (Å²) < 4.78 is 39.5. The summed E-state index contributed by atoms with van der Waals surface area (Å²) in [5.41, 5.74) is 5.06. The average Bonchev–Trinajstić information content (AvgIpc) is 2.39. The Kier molecular flexibility index (Phi) is 5.49. The van der Waals surface area contributed by atoms with Gasteiger partial charge in [-0.1, -0.05) is 0 Å². The molecule has 0 aliphatic carbocycles. The fraction of sp³-hybridized carbons (Fsp3) is 0.364. The number of hydrogen-bond donors (Lipinski definition) is 2. The molecule has 0 atom stereocenters. The second-order valence-electron chi connectivity index (χ2n) is 4.04. The topological polar surface area (TPSA) is 92.5 Å². The third kappa shape index (κ3) is 3.90. The molecular weight excluding hydrogens is 353 g/mol. The third-order valence-corrected chi connectivity index (χ3v) is 5.01. The first-order valence-electron chi connectivity index (χ1n) is 5.67. The molecule has 1 aromatic carbocycles. The summed E-state index contributed by atoms with van der Waals surface area (Å²) in [4.78, 5) is 12.7. The number of amides is 1. The summed E-state index contributed by atoms with van der Waals surface area (Å²) in [6.45, 7) is 1.85. The Labute approximate surface area is 125 Å². The summed E-state index contributed by atoms with van der Waals surface area (Å²) >= 11 is 2.96. The lowest BCUT2D eigenvalue weighted by molar-refractivity contribution is -0.128. The zero-order valence-electron chi connectivity index (χ0n) is 11.0. The van der Waals surface area contributed by atoms with Crippen molar-refractivity contribution in [3.05, 3.63) is 22.4 Å². The lowest BCUT2D eigenvalue weighted by Gasteiger charge is -2.15. The zero-order chi connectivity index (χ0) is 15.5. The zero-order valence-corrected chi connectivity index (χ0v) is 13.4. The first kappa shape index (κ1) is 16.9. The van der Waals surface area contributed by atoms with Crippen LogP contribution in [-0.2, 0) is 14.8 Å². The first-order chi connectivity index (χ1) is 9.19. The van der Waals surface area contributed by atoms with E-state index in [9.17, 15) is 17.6 Å². The summed E-state index contributed by atoms with van der Waals surface area (Å²) in [6.07, 6.45) is 0. The van der Waals surface area contributed by atoms with Crippen molar-refractivity contribution in [3.63, 3.8) is 0 Å². The molecule has 6 nitrogen and oxygen atoms in total. The van der Waals surface area contributed by atoms with Gasteiger partial charge in [0, 0.05) is 18.1 Å². The predicted molar refractivity (Wildman–Crippen MR) is 77.0 cm³/mol. The van der Waals surface area contributed by atoms with Crippen molar-refractivity contribution in [2.24, 2.45) is 0 Å². The molecule has 20 heavy (non-hydrogen) atoms. The second kappa shape index (κ2) is 6.51. The van der Waals surface area contributed by atoms with Crippen molar-refractivity contribution in [2.75, 3.05) is 25.9 Å². The van der Waals surface area contributed by atoms with Crippen LogP contribution in [0.4, 0.5) is 10.1 Å². The van der Waals surface area contributed by atoms with Crippen LogP contribution >= 0.6 is 15.9 Å². The number of nitrogens with one attached hydrogen (secondary N) is 1. The van der Waals surface area contributed by atoms with Crippen LogP contribution in [0.15, 0.2) is 21.5 Å². The van der Waals surface area contributed by atoms with Crippen LogP contribution in [0.1, 0.15) is 6.92 Å². The fourth-order valence-electron chi connectivity index (χ4n) is 1.30. The Morgan fingerprint density at radius 1 is 1.50 bits per heavy atom. The van der Waals surface area contributed by atoms with Gasteiger partial charge in [-0.2, -0.15) is 0 Å². The van der Waals surface area contributed by atoms with Crippen LogP contribution in [0.2, 0.25) is 0 Å². The highest BCUT2D eigenvalue weighted by Crippen LogP contribution is 2.26. The van der Waals surface area contributed by atoms with Crippen molar-refractivity contribution in [2.45, 2.75) is 11.8 Å². The Morgan fingerprint density at radius 3 is 2.65 bits per heavy atom. The maximum absolute atomic E-state index is 13.2. The molecule has 0 aliphatic rings. The third-order valence-electron chi connectivity index (χ3n) is 2.65. The van der Waals surface area contributed by atoms with E-state index in [1.165, 1.54) is 4.90 Å². The van der Waals surface area contributed by atoms with Crippen molar-refractivity contribution in [1.29, 1.82) is 0 Å². The molecule has 9 heteroatoms. The summed E-state index contributed by atoms with van der Waals surface area (Å²) in [5.74, 6) is -1.10. The van der Waals surface area contributed by atoms with Crippen molar-refractivity contribution in [3.8, 4) is 0 Å². The summed E-state index contributed by atoms with van der Waals surface area (Å²) in [6, 6.07) is 1.96. The van der Waals surface area contributed by atoms with Crippen LogP contribution in [0.3, 0.4) is 0 Å².